The molecule has 0 unspecified atom stereocenters. The minimum atomic E-state index is -0.152. The maximum atomic E-state index is 13.2. The SMILES string of the molecule is O=c1c2cc(Cl)ccc2nc(SCc2ccccc2)n1-c1ccc(Cl)cc1. The summed E-state index contributed by atoms with van der Waals surface area (Å²) in [7, 11) is 0. The maximum absolute atomic E-state index is 13.2. The summed E-state index contributed by atoms with van der Waals surface area (Å²) in [6.45, 7) is 0. The van der Waals surface area contributed by atoms with E-state index in [4.69, 9.17) is 28.2 Å². The molecular formula is C21H14Cl2N2OS. The van der Waals surface area contributed by atoms with Crippen molar-refractivity contribution in [3.05, 3.63) is 98.8 Å². The molecule has 3 nitrogen and oxygen atoms in total. The molecule has 3 aromatic carbocycles. The fraction of sp³-hybridized carbons (Fsp3) is 0.0476. The fourth-order valence-electron chi connectivity index (χ4n) is 2.77. The van der Waals surface area contributed by atoms with E-state index in [-0.39, 0.29) is 5.56 Å². The van der Waals surface area contributed by atoms with Crippen molar-refractivity contribution in [1.29, 1.82) is 0 Å². The van der Waals surface area contributed by atoms with Gasteiger partial charge < -0.3 is 0 Å². The minimum absolute atomic E-state index is 0.152. The van der Waals surface area contributed by atoms with Crippen LogP contribution < -0.4 is 5.56 Å². The molecule has 0 bridgehead atoms. The van der Waals surface area contributed by atoms with Crippen LogP contribution in [0.3, 0.4) is 0 Å². The van der Waals surface area contributed by atoms with Gasteiger partial charge in [-0.2, -0.15) is 0 Å². The number of hydrogen-bond acceptors (Lipinski definition) is 3. The van der Waals surface area contributed by atoms with Gasteiger partial charge in [-0.1, -0.05) is 65.3 Å². The summed E-state index contributed by atoms with van der Waals surface area (Å²) in [6.07, 6.45) is 0. The lowest BCUT2D eigenvalue weighted by Gasteiger charge is -2.13. The molecule has 6 heteroatoms. The first-order valence-electron chi connectivity index (χ1n) is 8.27. The zero-order chi connectivity index (χ0) is 18.8. The van der Waals surface area contributed by atoms with Gasteiger partial charge in [-0.15, -0.1) is 0 Å². The van der Waals surface area contributed by atoms with E-state index in [1.807, 2.05) is 30.3 Å². The van der Waals surface area contributed by atoms with Crippen molar-refractivity contribution in [3.8, 4) is 5.69 Å². The molecule has 0 aliphatic carbocycles. The van der Waals surface area contributed by atoms with Crippen LogP contribution in [-0.2, 0) is 5.75 Å². The number of fused-ring (bicyclic) bond motifs is 1. The maximum Gasteiger partial charge on any atom is 0.266 e. The highest BCUT2D eigenvalue weighted by Gasteiger charge is 2.14. The molecule has 1 heterocycles. The number of halogens is 2. The van der Waals surface area contributed by atoms with Gasteiger partial charge in [0.05, 0.1) is 16.6 Å². The molecule has 0 saturated carbocycles. The Morgan fingerprint density at radius 2 is 1.59 bits per heavy atom. The second-order valence-corrected chi connectivity index (χ2v) is 7.76. The Morgan fingerprint density at radius 3 is 2.33 bits per heavy atom. The van der Waals surface area contributed by atoms with Gasteiger partial charge in [0.25, 0.3) is 5.56 Å². The van der Waals surface area contributed by atoms with Crippen LogP contribution in [0.2, 0.25) is 10.0 Å². The van der Waals surface area contributed by atoms with Crippen LogP contribution in [-0.4, -0.2) is 9.55 Å². The second-order valence-electron chi connectivity index (χ2n) is 5.95. The lowest BCUT2D eigenvalue weighted by Crippen LogP contribution is -2.21. The van der Waals surface area contributed by atoms with Crippen molar-refractivity contribution < 1.29 is 0 Å². The zero-order valence-corrected chi connectivity index (χ0v) is 16.4. The van der Waals surface area contributed by atoms with Gasteiger partial charge in [-0.25, -0.2) is 4.98 Å². The molecule has 4 aromatic rings. The largest absolute Gasteiger partial charge is 0.268 e. The minimum Gasteiger partial charge on any atom is -0.268 e. The highest BCUT2D eigenvalue weighted by molar-refractivity contribution is 7.98. The van der Waals surface area contributed by atoms with Gasteiger partial charge in [0.1, 0.15) is 0 Å². The average Bonchev–Trinajstić information content (AvgIpc) is 2.69. The number of benzene rings is 3. The van der Waals surface area contributed by atoms with Gasteiger partial charge in [0.2, 0.25) is 0 Å². The number of nitrogens with zero attached hydrogens (tertiary/aromatic N) is 2. The van der Waals surface area contributed by atoms with Gasteiger partial charge >= 0.3 is 0 Å². The molecular weight excluding hydrogens is 399 g/mol. The van der Waals surface area contributed by atoms with Crippen molar-refractivity contribution in [1.82, 2.24) is 9.55 Å². The fourth-order valence-corrected chi connectivity index (χ4v) is 4.04. The van der Waals surface area contributed by atoms with Crippen LogP contribution >= 0.6 is 35.0 Å². The molecule has 134 valence electrons. The van der Waals surface area contributed by atoms with Crippen molar-refractivity contribution >= 4 is 45.9 Å². The first kappa shape index (κ1) is 18.1. The molecule has 0 atom stereocenters. The third kappa shape index (κ3) is 3.88. The summed E-state index contributed by atoms with van der Waals surface area (Å²) in [5.41, 5.74) is 2.36. The van der Waals surface area contributed by atoms with E-state index in [0.29, 0.717) is 37.5 Å². The number of rotatable bonds is 4. The molecule has 0 saturated heterocycles. The van der Waals surface area contributed by atoms with Gasteiger partial charge in [0, 0.05) is 15.8 Å². The van der Waals surface area contributed by atoms with E-state index in [2.05, 4.69) is 12.1 Å². The van der Waals surface area contributed by atoms with Crippen LogP contribution in [0.25, 0.3) is 16.6 Å². The molecule has 1 aromatic heterocycles. The third-order valence-electron chi connectivity index (χ3n) is 4.10. The normalized spacial score (nSPS) is 11.0. The summed E-state index contributed by atoms with van der Waals surface area (Å²) in [6, 6.07) is 22.4. The van der Waals surface area contributed by atoms with Crippen molar-refractivity contribution in [2.45, 2.75) is 10.9 Å². The summed E-state index contributed by atoms with van der Waals surface area (Å²) in [5.74, 6) is 0.708. The molecule has 27 heavy (non-hydrogen) atoms. The first-order chi connectivity index (χ1) is 13.1. The Morgan fingerprint density at radius 1 is 0.889 bits per heavy atom. The Bertz CT molecular complexity index is 1160. The molecule has 0 N–H and O–H groups in total. The number of hydrogen-bond donors (Lipinski definition) is 0. The molecule has 0 fully saturated rings. The first-order valence-corrected chi connectivity index (χ1v) is 10.0. The van der Waals surface area contributed by atoms with E-state index in [1.54, 1.807) is 34.9 Å². The highest BCUT2D eigenvalue weighted by atomic mass is 35.5. The quantitative estimate of drug-likeness (QED) is 0.305. The Hall–Kier alpha value is -2.27. The summed E-state index contributed by atoms with van der Waals surface area (Å²) in [5, 5.41) is 2.23. The Balaban J connectivity index is 1.87. The molecule has 0 spiro atoms. The van der Waals surface area contributed by atoms with Crippen molar-refractivity contribution in [2.24, 2.45) is 0 Å². The number of thioether (sulfide) groups is 1. The Kier molecular flexibility index (Phi) is 5.21. The van der Waals surface area contributed by atoms with Gasteiger partial charge in [0.15, 0.2) is 5.16 Å². The van der Waals surface area contributed by atoms with E-state index in [9.17, 15) is 4.79 Å². The zero-order valence-electron chi connectivity index (χ0n) is 14.1. The monoisotopic (exact) mass is 412 g/mol. The molecule has 0 radical (unpaired) electrons. The van der Waals surface area contributed by atoms with E-state index in [0.717, 1.165) is 5.56 Å². The smallest absolute Gasteiger partial charge is 0.266 e. The molecule has 4 rings (SSSR count). The second kappa shape index (κ2) is 7.77. The van der Waals surface area contributed by atoms with Crippen LogP contribution in [0.15, 0.2) is 82.7 Å². The van der Waals surface area contributed by atoms with Crippen molar-refractivity contribution in [3.63, 3.8) is 0 Å². The third-order valence-corrected chi connectivity index (χ3v) is 5.59. The van der Waals surface area contributed by atoms with E-state index < -0.39 is 0 Å². The lowest BCUT2D eigenvalue weighted by molar-refractivity contribution is 0.819. The standard InChI is InChI=1S/C21H14Cl2N2OS/c22-15-6-9-17(10-7-15)25-20(26)18-12-16(23)8-11-19(18)24-21(25)27-13-14-4-2-1-3-5-14/h1-12H,13H2. The molecule has 0 aliphatic rings. The summed E-state index contributed by atoms with van der Waals surface area (Å²) >= 11 is 13.6. The summed E-state index contributed by atoms with van der Waals surface area (Å²) < 4.78 is 1.61. The molecule has 0 amide bonds. The Labute approximate surface area is 170 Å². The predicted octanol–water partition coefficient (Wildman–Crippen LogP) is 5.98. The van der Waals surface area contributed by atoms with Gasteiger partial charge in [-0.05, 0) is 48.0 Å². The van der Waals surface area contributed by atoms with Crippen LogP contribution in [0.4, 0.5) is 0 Å². The van der Waals surface area contributed by atoms with Gasteiger partial charge in [-0.3, -0.25) is 9.36 Å². The summed E-state index contributed by atoms with van der Waals surface area (Å²) in [4.78, 5) is 17.9. The molecule has 0 aliphatic heterocycles. The van der Waals surface area contributed by atoms with Crippen LogP contribution in [0.1, 0.15) is 5.56 Å². The van der Waals surface area contributed by atoms with Crippen molar-refractivity contribution in [2.75, 3.05) is 0 Å². The predicted molar refractivity (Wildman–Crippen MR) is 113 cm³/mol. The number of aromatic nitrogens is 2. The topological polar surface area (TPSA) is 34.9 Å². The van der Waals surface area contributed by atoms with E-state index >= 15 is 0 Å². The van der Waals surface area contributed by atoms with Crippen LogP contribution in [0, 0.1) is 0 Å². The van der Waals surface area contributed by atoms with Crippen LogP contribution in [0.5, 0.6) is 0 Å². The highest BCUT2D eigenvalue weighted by Crippen LogP contribution is 2.26. The lowest BCUT2D eigenvalue weighted by atomic mass is 10.2. The average molecular weight is 413 g/mol. The van der Waals surface area contributed by atoms with E-state index in [1.165, 1.54) is 11.8 Å².